The fourth-order valence-corrected chi connectivity index (χ4v) is 2.64. The predicted molar refractivity (Wildman–Crippen MR) is 81.0 cm³/mol. The molecule has 0 aliphatic heterocycles. The Labute approximate surface area is 126 Å². The zero-order valence-corrected chi connectivity index (χ0v) is 13.3. The lowest BCUT2D eigenvalue weighted by molar-refractivity contribution is -0.138. The maximum absolute atomic E-state index is 11.2. The lowest BCUT2D eigenvalue weighted by Gasteiger charge is -2.08. The summed E-state index contributed by atoms with van der Waals surface area (Å²) in [6.07, 6.45) is 0. The number of hydrogen-bond donors (Lipinski definition) is 1. The molecule has 1 N–H and O–H groups in total. The minimum atomic E-state index is -0.820. The molecule has 4 nitrogen and oxygen atoms in total. The van der Waals surface area contributed by atoms with Gasteiger partial charge in [-0.15, -0.1) is 0 Å². The summed E-state index contributed by atoms with van der Waals surface area (Å²) in [5.41, 5.74) is 3.65. The van der Waals surface area contributed by atoms with Gasteiger partial charge in [-0.3, -0.25) is 9.48 Å². The van der Waals surface area contributed by atoms with Crippen LogP contribution in [0.5, 0.6) is 0 Å². The molecular formula is C15H17BrN2O2. The fourth-order valence-electron chi connectivity index (χ4n) is 2.38. The Hall–Kier alpha value is -1.62. The van der Waals surface area contributed by atoms with Crippen molar-refractivity contribution in [1.82, 2.24) is 9.78 Å². The number of hydrogen-bond acceptors (Lipinski definition) is 2. The van der Waals surface area contributed by atoms with Gasteiger partial charge in [-0.2, -0.15) is 5.10 Å². The Balaban J connectivity index is 2.32. The molecule has 1 heterocycles. The van der Waals surface area contributed by atoms with E-state index in [0.29, 0.717) is 6.54 Å². The first-order chi connectivity index (χ1) is 9.40. The summed E-state index contributed by atoms with van der Waals surface area (Å²) in [7, 11) is 0. The maximum Gasteiger partial charge on any atom is 0.310 e. The van der Waals surface area contributed by atoms with Gasteiger partial charge in [-0.05, 0) is 38.5 Å². The summed E-state index contributed by atoms with van der Waals surface area (Å²) in [6.45, 7) is 6.13. The number of carboxylic acid groups (broad SMARTS) is 1. The van der Waals surface area contributed by atoms with Crippen molar-refractivity contribution in [2.45, 2.75) is 33.2 Å². The van der Waals surface area contributed by atoms with Crippen molar-refractivity contribution in [3.05, 3.63) is 51.3 Å². The van der Waals surface area contributed by atoms with Gasteiger partial charge in [0.25, 0.3) is 0 Å². The van der Waals surface area contributed by atoms with Gasteiger partial charge >= 0.3 is 5.97 Å². The third-order valence-electron chi connectivity index (χ3n) is 3.49. The van der Waals surface area contributed by atoms with Crippen LogP contribution in [0.3, 0.4) is 0 Å². The van der Waals surface area contributed by atoms with Gasteiger partial charge in [-0.1, -0.05) is 28.1 Å². The molecule has 106 valence electrons. The summed E-state index contributed by atoms with van der Waals surface area (Å²) in [6, 6.07) is 8.03. The van der Waals surface area contributed by atoms with E-state index in [2.05, 4.69) is 21.0 Å². The largest absolute Gasteiger partial charge is 0.481 e. The molecule has 0 fully saturated rings. The zero-order valence-electron chi connectivity index (χ0n) is 11.7. The molecule has 5 heteroatoms. The molecule has 0 aliphatic rings. The second kappa shape index (κ2) is 5.79. The molecule has 1 unspecified atom stereocenters. The standard InChI is InChI=1S/C15H17BrN2O2/c1-9(15(19)20)14-10(2)17-18(11(14)3)8-12-4-6-13(16)7-5-12/h4-7,9H,8H2,1-3H3,(H,19,20). The average Bonchev–Trinajstić information content (AvgIpc) is 2.66. The van der Waals surface area contributed by atoms with E-state index >= 15 is 0 Å². The van der Waals surface area contributed by atoms with Gasteiger partial charge in [-0.25, -0.2) is 0 Å². The molecule has 1 aromatic carbocycles. The molecule has 0 aliphatic carbocycles. The highest BCUT2D eigenvalue weighted by atomic mass is 79.9. The molecule has 0 spiro atoms. The Bertz CT molecular complexity index is 632. The molecule has 1 aromatic heterocycles. The highest BCUT2D eigenvalue weighted by molar-refractivity contribution is 9.10. The third-order valence-corrected chi connectivity index (χ3v) is 4.02. The summed E-state index contributed by atoms with van der Waals surface area (Å²) < 4.78 is 2.91. The van der Waals surface area contributed by atoms with E-state index in [0.717, 1.165) is 27.0 Å². The summed E-state index contributed by atoms with van der Waals surface area (Å²) in [5.74, 6) is -1.35. The molecule has 0 saturated carbocycles. The van der Waals surface area contributed by atoms with Crippen LogP contribution < -0.4 is 0 Å². The number of rotatable bonds is 4. The highest BCUT2D eigenvalue weighted by Crippen LogP contribution is 2.24. The van der Waals surface area contributed by atoms with Crippen molar-refractivity contribution in [1.29, 1.82) is 0 Å². The van der Waals surface area contributed by atoms with Crippen molar-refractivity contribution < 1.29 is 9.90 Å². The summed E-state index contributed by atoms with van der Waals surface area (Å²) in [5, 5.41) is 13.6. The van der Waals surface area contributed by atoms with Crippen LogP contribution in [0.2, 0.25) is 0 Å². The van der Waals surface area contributed by atoms with Gasteiger partial charge < -0.3 is 5.11 Å². The van der Waals surface area contributed by atoms with Crippen LogP contribution in [0.15, 0.2) is 28.7 Å². The van der Waals surface area contributed by atoms with E-state index in [1.165, 1.54) is 0 Å². The van der Waals surface area contributed by atoms with Gasteiger partial charge in [0.05, 0.1) is 18.2 Å². The van der Waals surface area contributed by atoms with Crippen molar-refractivity contribution in [3.63, 3.8) is 0 Å². The number of carboxylic acids is 1. The Morgan fingerprint density at radius 1 is 1.35 bits per heavy atom. The number of aryl methyl sites for hydroxylation is 1. The van der Waals surface area contributed by atoms with Crippen LogP contribution in [-0.4, -0.2) is 20.9 Å². The van der Waals surface area contributed by atoms with Crippen LogP contribution in [0, 0.1) is 13.8 Å². The molecule has 0 amide bonds. The van der Waals surface area contributed by atoms with E-state index in [9.17, 15) is 9.90 Å². The normalized spacial score (nSPS) is 12.4. The van der Waals surface area contributed by atoms with Crippen LogP contribution in [0.1, 0.15) is 35.4 Å². The number of aliphatic carboxylic acids is 1. The smallest absolute Gasteiger partial charge is 0.310 e. The number of carbonyl (C=O) groups is 1. The molecule has 0 saturated heterocycles. The van der Waals surface area contributed by atoms with Crippen LogP contribution in [-0.2, 0) is 11.3 Å². The number of benzene rings is 1. The zero-order chi connectivity index (χ0) is 14.9. The first kappa shape index (κ1) is 14.8. The first-order valence-corrected chi connectivity index (χ1v) is 7.20. The SMILES string of the molecule is Cc1nn(Cc2ccc(Br)cc2)c(C)c1C(C)C(=O)O. The summed E-state index contributed by atoms with van der Waals surface area (Å²) in [4.78, 5) is 11.2. The van der Waals surface area contributed by atoms with E-state index in [1.54, 1.807) is 6.92 Å². The quantitative estimate of drug-likeness (QED) is 0.929. The Morgan fingerprint density at radius 3 is 2.50 bits per heavy atom. The van der Waals surface area contributed by atoms with Crippen molar-refractivity contribution >= 4 is 21.9 Å². The fraction of sp³-hybridized carbons (Fsp3) is 0.333. The summed E-state index contributed by atoms with van der Waals surface area (Å²) >= 11 is 3.41. The molecule has 2 aromatic rings. The second-order valence-corrected chi connectivity index (χ2v) is 5.84. The number of halogens is 1. The van der Waals surface area contributed by atoms with Crippen molar-refractivity contribution in [2.75, 3.05) is 0 Å². The lowest BCUT2D eigenvalue weighted by atomic mass is 9.99. The Kier molecular flexibility index (Phi) is 4.28. The molecule has 1 atom stereocenters. The van der Waals surface area contributed by atoms with Crippen LogP contribution in [0.4, 0.5) is 0 Å². The lowest BCUT2D eigenvalue weighted by Crippen LogP contribution is -2.10. The molecule has 0 radical (unpaired) electrons. The molecule has 20 heavy (non-hydrogen) atoms. The number of nitrogens with zero attached hydrogens (tertiary/aromatic N) is 2. The number of aromatic nitrogens is 2. The third kappa shape index (κ3) is 2.93. The topological polar surface area (TPSA) is 55.1 Å². The van der Waals surface area contributed by atoms with Gasteiger partial charge in [0.1, 0.15) is 0 Å². The van der Waals surface area contributed by atoms with Gasteiger partial charge in [0.2, 0.25) is 0 Å². The van der Waals surface area contributed by atoms with E-state index in [1.807, 2.05) is 42.8 Å². The molecule has 2 rings (SSSR count). The minimum absolute atomic E-state index is 0.534. The van der Waals surface area contributed by atoms with Gasteiger partial charge in [0.15, 0.2) is 0 Å². The van der Waals surface area contributed by atoms with E-state index in [4.69, 9.17) is 0 Å². The minimum Gasteiger partial charge on any atom is -0.481 e. The van der Waals surface area contributed by atoms with E-state index < -0.39 is 11.9 Å². The highest BCUT2D eigenvalue weighted by Gasteiger charge is 2.22. The van der Waals surface area contributed by atoms with Crippen LogP contribution in [0.25, 0.3) is 0 Å². The Morgan fingerprint density at radius 2 is 1.95 bits per heavy atom. The monoisotopic (exact) mass is 336 g/mol. The van der Waals surface area contributed by atoms with Crippen molar-refractivity contribution in [3.8, 4) is 0 Å². The van der Waals surface area contributed by atoms with Gasteiger partial charge in [0, 0.05) is 15.7 Å². The first-order valence-electron chi connectivity index (χ1n) is 6.41. The maximum atomic E-state index is 11.2. The van der Waals surface area contributed by atoms with Crippen molar-refractivity contribution in [2.24, 2.45) is 0 Å². The molecular weight excluding hydrogens is 320 g/mol. The van der Waals surface area contributed by atoms with Crippen LogP contribution >= 0.6 is 15.9 Å². The average molecular weight is 337 g/mol. The predicted octanol–water partition coefficient (Wildman–Crippen LogP) is 3.50. The second-order valence-electron chi connectivity index (χ2n) is 4.93. The van der Waals surface area contributed by atoms with E-state index in [-0.39, 0.29) is 0 Å². The molecule has 0 bridgehead atoms.